The minimum Gasteiger partial charge on any atom is -0.497 e. The van der Waals surface area contributed by atoms with Gasteiger partial charge in [-0.2, -0.15) is 0 Å². The maximum Gasteiger partial charge on any atom is 0.195 e. The van der Waals surface area contributed by atoms with E-state index in [-0.39, 0.29) is 11.3 Å². The molecule has 0 radical (unpaired) electrons. The van der Waals surface area contributed by atoms with Crippen molar-refractivity contribution >= 4 is 5.78 Å². The van der Waals surface area contributed by atoms with Gasteiger partial charge in [0.1, 0.15) is 17.7 Å². The highest BCUT2D eigenvalue weighted by molar-refractivity contribution is 6.00. The average molecular weight is 281 g/mol. The Kier molecular flexibility index (Phi) is 5.09. The lowest BCUT2D eigenvalue weighted by atomic mass is 10.0. The Hall–Kier alpha value is -1.46. The topological polar surface area (TPSA) is 38.8 Å². The van der Waals surface area contributed by atoms with Crippen LogP contribution in [-0.2, 0) is 4.74 Å². The van der Waals surface area contributed by atoms with Crippen molar-refractivity contribution < 1.29 is 18.7 Å². The van der Waals surface area contributed by atoms with Gasteiger partial charge in [-0.25, -0.2) is 4.39 Å². The zero-order valence-corrected chi connectivity index (χ0v) is 11.9. The summed E-state index contributed by atoms with van der Waals surface area (Å²) in [7, 11) is 1.46. The van der Waals surface area contributed by atoms with Gasteiger partial charge in [0.25, 0.3) is 0 Å². The highest BCUT2D eigenvalue weighted by atomic mass is 19.1. The van der Waals surface area contributed by atoms with Crippen LogP contribution in [0.15, 0.2) is 18.2 Å². The van der Waals surface area contributed by atoms with Crippen LogP contribution in [0.1, 0.15) is 23.7 Å². The third kappa shape index (κ3) is 3.35. The quantitative estimate of drug-likeness (QED) is 0.775. The molecule has 1 atom stereocenters. The number of hydrogen-bond acceptors (Lipinski definition) is 4. The van der Waals surface area contributed by atoms with E-state index in [1.165, 1.54) is 19.2 Å². The van der Waals surface area contributed by atoms with E-state index in [1.807, 2.05) is 0 Å². The standard InChI is InChI=1S/C15H20FNO3/c1-3-6-17-7-8-20-14(10-17)15(18)12-5-4-11(19-2)9-13(12)16/h4-5,9,14H,3,6-8,10H2,1-2H3. The Balaban J connectivity index is 2.10. The number of morpholine rings is 1. The van der Waals surface area contributed by atoms with Crippen molar-refractivity contribution in [3.63, 3.8) is 0 Å². The summed E-state index contributed by atoms with van der Waals surface area (Å²) in [6.45, 7) is 4.88. The molecule has 0 saturated carbocycles. The molecule has 0 amide bonds. The minimum absolute atomic E-state index is 0.0640. The van der Waals surface area contributed by atoms with Gasteiger partial charge in [-0.3, -0.25) is 9.69 Å². The zero-order valence-electron chi connectivity index (χ0n) is 11.9. The van der Waals surface area contributed by atoms with Crippen LogP contribution in [0.3, 0.4) is 0 Å². The van der Waals surface area contributed by atoms with Crippen LogP contribution in [0.5, 0.6) is 5.75 Å². The van der Waals surface area contributed by atoms with Crippen LogP contribution in [-0.4, -0.2) is 50.1 Å². The Morgan fingerprint density at radius 3 is 3.00 bits per heavy atom. The molecule has 0 spiro atoms. The van der Waals surface area contributed by atoms with Gasteiger partial charge in [0.15, 0.2) is 5.78 Å². The third-order valence-corrected chi connectivity index (χ3v) is 3.42. The molecule has 20 heavy (non-hydrogen) atoms. The van der Waals surface area contributed by atoms with E-state index < -0.39 is 11.9 Å². The number of halogens is 1. The number of rotatable bonds is 5. The van der Waals surface area contributed by atoms with Gasteiger partial charge in [-0.05, 0) is 25.1 Å². The molecule has 0 aliphatic carbocycles. The lowest BCUT2D eigenvalue weighted by Gasteiger charge is -2.31. The molecule has 0 bridgehead atoms. The maximum atomic E-state index is 13.9. The van der Waals surface area contributed by atoms with Crippen LogP contribution >= 0.6 is 0 Å². The van der Waals surface area contributed by atoms with Gasteiger partial charge in [-0.1, -0.05) is 6.92 Å². The molecule has 0 aromatic heterocycles. The summed E-state index contributed by atoms with van der Waals surface area (Å²) in [4.78, 5) is 14.5. The van der Waals surface area contributed by atoms with Crippen LogP contribution < -0.4 is 4.74 Å². The van der Waals surface area contributed by atoms with Crippen LogP contribution in [0.2, 0.25) is 0 Å². The van der Waals surface area contributed by atoms with Gasteiger partial charge in [0, 0.05) is 19.2 Å². The molecular formula is C15H20FNO3. The fourth-order valence-electron chi connectivity index (χ4n) is 2.38. The fourth-order valence-corrected chi connectivity index (χ4v) is 2.38. The Morgan fingerprint density at radius 2 is 2.35 bits per heavy atom. The first-order valence-electron chi connectivity index (χ1n) is 6.87. The Morgan fingerprint density at radius 1 is 1.55 bits per heavy atom. The smallest absolute Gasteiger partial charge is 0.195 e. The number of carbonyl (C=O) groups excluding carboxylic acids is 1. The molecule has 0 N–H and O–H groups in total. The second-order valence-corrected chi connectivity index (χ2v) is 4.87. The van der Waals surface area contributed by atoms with E-state index in [0.29, 0.717) is 18.9 Å². The van der Waals surface area contributed by atoms with Crippen LogP contribution in [0.4, 0.5) is 4.39 Å². The summed E-state index contributed by atoms with van der Waals surface area (Å²) < 4.78 is 24.3. The van der Waals surface area contributed by atoms with E-state index in [2.05, 4.69) is 11.8 Å². The van der Waals surface area contributed by atoms with E-state index in [0.717, 1.165) is 19.5 Å². The summed E-state index contributed by atoms with van der Waals surface area (Å²) in [5.41, 5.74) is 0.0640. The van der Waals surface area contributed by atoms with Crippen LogP contribution in [0, 0.1) is 5.82 Å². The predicted octanol–water partition coefficient (Wildman–Crippen LogP) is 2.13. The van der Waals surface area contributed by atoms with Gasteiger partial charge in [0.05, 0.1) is 19.3 Å². The van der Waals surface area contributed by atoms with Crippen molar-refractivity contribution in [1.82, 2.24) is 4.90 Å². The molecule has 5 heteroatoms. The first-order chi connectivity index (χ1) is 9.65. The predicted molar refractivity (Wildman–Crippen MR) is 73.8 cm³/mol. The molecule has 1 aliphatic rings. The van der Waals surface area contributed by atoms with Crippen molar-refractivity contribution in [3.8, 4) is 5.75 Å². The molecule has 1 unspecified atom stereocenters. The second-order valence-electron chi connectivity index (χ2n) is 4.87. The van der Waals surface area contributed by atoms with E-state index in [4.69, 9.17) is 9.47 Å². The average Bonchev–Trinajstić information content (AvgIpc) is 2.47. The molecule has 1 heterocycles. The number of ether oxygens (including phenoxy) is 2. The summed E-state index contributed by atoms with van der Waals surface area (Å²) in [6, 6.07) is 4.27. The van der Waals surface area contributed by atoms with Crippen LogP contribution in [0.25, 0.3) is 0 Å². The molecule has 2 rings (SSSR count). The zero-order chi connectivity index (χ0) is 14.5. The summed E-state index contributed by atoms with van der Waals surface area (Å²) in [6.07, 6.45) is 0.441. The van der Waals surface area contributed by atoms with Gasteiger partial charge >= 0.3 is 0 Å². The van der Waals surface area contributed by atoms with Crippen molar-refractivity contribution in [3.05, 3.63) is 29.6 Å². The molecule has 110 valence electrons. The lowest BCUT2D eigenvalue weighted by molar-refractivity contribution is -0.0165. The number of benzene rings is 1. The molecule has 4 nitrogen and oxygen atoms in total. The van der Waals surface area contributed by atoms with Crippen molar-refractivity contribution in [1.29, 1.82) is 0 Å². The highest BCUT2D eigenvalue weighted by Gasteiger charge is 2.28. The number of carbonyl (C=O) groups is 1. The number of hydrogen-bond donors (Lipinski definition) is 0. The van der Waals surface area contributed by atoms with Gasteiger partial charge < -0.3 is 9.47 Å². The normalized spacial score (nSPS) is 19.9. The number of methoxy groups -OCH3 is 1. The van der Waals surface area contributed by atoms with E-state index in [9.17, 15) is 9.18 Å². The summed E-state index contributed by atoms with van der Waals surface area (Å²) >= 11 is 0. The molecular weight excluding hydrogens is 261 g/mol. The first-order valence-corrected chi connectivity index (χ1v) is 6.87. The lowest BCUT2D eigenvalue weighted by Crippen LogP contribution is -2.46. The summed E-state index contributed by atoms with van der Waals surface area (Å²) in [5, 5.41) is 0. The van der Waals surface area contributed by atoms with E-state index >= 15 is 0 Å². The first kappa shape index (κ1) is 14.9. The Labute approximate surface area is 118 Å². The number of Topliss-reactive ketones (excluding diaryl/α,β-unsaturated/α-hetero) is 1. The van der Waals surface area contributed by atoms with Crippen molar-refractivity contribution in [2.45, 2.75) is 19.4 Å². The molecule has 1 saturated heterocycles. The molecule has 1 aromatic rings. The molecule has 1 fully saturated rings. The number of ketones is 1. The van der Waals surface area contributed by atoms with Crippen molar-refractivity contribution in [2.75, 3.05) is 33.4 Å². The minimum atomic E-state index is -0.585. The SMILES string of the molecule is CCCN1CCOC(C(=O)c2ccc(OC)cc2F)C1. The molecule has 1 aliphatic heterocycles. The highest BCUT2D eigenvalue weighted by Crippen LogP contribution is 2.19. The third-order valence-electron chi connectivity index (χ3n) is 3.42. The fraction of sp³-hybridized carbons (Fsp3) is 0.533. The monoisotopic (exact) mass is 281 g/mol. The maximum absolute atomic E-state index is 13.9. The van der Waals surface area contributed by atoms with Gasteiger partial charge in [0.2, 0.25) is 0 Å². The summed E-state index contributed by atoms with van der Waals surface area (Å²) in [5.74, 6) is -0.465. The largest absolute Gasteiger partial charge is 0.497 e. The van der Waals surface area contributed by atoms with Gasteiger partial charge in [-0.15, -0.1) is 0 Å². The number of nitrogens with zero attached hydrogens (tertiary/aromatic N) is 1. The van der Waals surface area contributed by atoms with E-state index in [1.54, 1.807) is 6.07 Å². The Bertz CT molecular complexity index is 476. The molecule has 1 aromatic carbocycles. The second kappa shape index (κ2) is 6.81. The van der Waals surface area contributed by atoms with Crippen molar-refractivity contribution in [2.24, 2.45) is 0 Å².